The molecule has 0 spiro atoms. The van der Waals surface area contributed by atoms with Crippen molar-refractivity contribution in [1.29, 1.82) is 0 Å². The van der Waals surface area contributed by atoms with Crippen LogP contribution in [0.5, 0.6) is 5.75 Å². The first kappa shape index (κ1) is 14.2. The highest BCUT2D eigenvalue weighted by Crippen LogP contribution is 2.28. The van der Waals surface area contributed by atoms with Crippen LogP contribution in [-0.4, -0.2) is 24.4 Å². The second-order valence-corrected chi connectivity index (χ2v) is 4.12. The van der Waals surface area contributed by atoms with Crippen LogP contribution in [0.25, 0.3) is 0 Å². The number of nitrogens with zero attached hydrogens (tertiary/aromatic N) is 1. The summed E-state index contributed by atoms with van der Waals surface area (Å²) in [6.45, 7) is 4.10. The molecule has 0 unspecified atom stereocenters. The second kappa shape index (κ2) is 6.14. The van der Waals surface area contributed by atoms with Crippen LogP contribution in [0, 0.1) is 0 Å². The Balaban J connectivity index is 2.96. The van der Waals surface area contributed by atoms with Crippen LogP contribution >= 0.6 is 0 Å². The third-order valence-corrected chi connectivity index (χ3v) is 2.86. The van der Waals surface area contributed by atoms with E-state index in [1.54, 1.807) is 18.2 Å². The van der Waals surface area contributed by atoms with Gasteiger partial charge in [0.1, 0.15) is 5.75 Å². The molecule has 1 aromatic carbocycles. The van der Waals surface area contributed by atoms with Gasteiger partial charge in [-0.15, -0.1) is 0 Å². The lowest BCUT2D eigenvalue weighted by Gasteiger charge is -2.19. The Bertz CT molecular complexity index is 417. The highest BCUT2D eigenvalue weighted by Gasteiger charge is 2.14. The smallest absolute Gasteiger partial charge is 0.411 e. The van der Waals surface area contributed by atoms with Crippen molar-refractivity contribution in [2.24, 2.45) is 0 Å². The third-order valence-electron chi connectivity index (χ3n) is 2.86. The van der Waals surface area contributed by atoms with Gasteiger partial charge in [-0.05, 0) is 25.0 Å². The summed E-state index contributed by atoms with van der Waals surface area (Å²) in [6, 6.07) is 5.07. The maximum absolute atomic E-state index is 10.9. The minimum absolute atomic E-state index is 0.136. The zero-order valence-electron chi connectivity index (χ0n) is 11.0. The molecule has 3 N–H and O–H groups in total. The van der Waals surface area contributed by atoms with Crippen molar-refractivity contribution in [3.05, 3.63) is 18.2 Å². The van der Waals surface area contributed by atoms with Crippen LogP contribution in [0.3, 0.4) is 0 Å². The van der Waals surface area contributed by atoms with E-state index >= 15 is 0 Å². The molecule has 5 heteroatoms. The maximum atomic E-state index is 10.9. The lowest BCUT2D eigenvalue weighted by atomic mass is 10.2. The Kier molecular flexibility index (Phi) is 4.83. The van der Waals surface area contributed by atoms with Gasteiger partial charge in [-0.3, -0.25) is 4.90 Å². The first-order valence-corrected chi connectivity index (χ1v) is 6.02. The first-order chi connectivity index (χ1) is 8.49. The predicted octanol–water partition coefficient (Wildman–Crippen LogP) is 2.95. The van der Waals surface area contributed by atoms with Gasteiger partial charge in [-0.1, -0.05) is 13.8 Å². The number of hydrogen-bond acceptors (Lipinski definition) is 3. The van der Waals surface area contributed by atoms with Crippen LogP contribution in [0.15, 0.2) is 18.2 Å². The second-order valence-electron chi connectivity index (χ2n) is 4.12. The van der Waals surface area contributed by atoms with E-state index in [4.69, 9.17) is 15.6 Å². The first-order valence-electron chi connectivity index (χ1n) is 6.02. The van der Waals surface area contributed by atoms with Crippen molar-refractivity contribution in [2.45, 2.75) is 32.8 Å². The summed E-state index contributed by atoms with van der Waals surface area (Å²) in [5.74, 6) is 0.640. The van der Waals surface area contributed by atoms with Crippen LogP contribution in [-0.2, 0) is 0 Å². The summed E-state index contributed by atoms with van der Waals surface area (Å²) >= 11 is 0. The highest BCUT2D eigenvalue weighted by atomic mass is 16.5. The number of rotatable bonds is 5. The molecule has 100 valence electrons. The maximum Gasteiger partial charge on any atom is 0.411 e. The minimum atomic E-state index is -1.05. The summed E-state index contributed by atoms with van der Waals surface area (Å²) in [5, 5.41) is 8.95. The van der Waals surface area contributed by atoms with E-state index in [2.05, 4.69) is 13.8 Å². The number of carbonyl (C=O) groups is 1. The normalized spacial score (nSPS) is 10.4. The van der Waals surface area contributed by atoms with E-state index in [9.17, 15) is 4.79 Å². The summed E-state index contributed by atoms with van der Waals surface area (Å²) in [7, 11) is 1.45. The molecule has 0 saturated carbocycles. The highest BCUT2D eigenvalue weighted by molar-refractivity contribution is 5.90. The zero-order valence-corrected chi connectivity index (χ0v) is 11.0. The molecule has 5 nitrogen and oxygen atoms in total. The molecule has 18 heavy (non-hydrogen) atoms. The Morgan fingerprint density at radius 3 is 2.56 bits per heavy atom. The lowest BCUT2D eigenvalue weighted by molar-refractivity contribution is 0.193. The van der Waals surface area contributed by atoms with Gasteiger partial charge in [0.2, 0.25) is 0 Å². The average Bonchev–Trinajstić information content (AvgIpc) is 2.36. The molecule has 0 radical (unpaired) electrons. The van der Waals surface area contributed by atoms with E-state index in [0.717, 1.165) is 17.7 Å². The monoisotopic (exact) mass is 252 g/mol. The summed E-state index contributed by atoms with van der Waals surface area (Å²) < 4.78 is 5.76. The van der Waals surface area contributed by atoms with Crippen LogP contribution < -0.4 is 15.4 Å². The van der Waals surface area contributed by atoms with Gasteiger partial charge in [0.15, 0.2) is 0 Å². The van der Waals surface area contributed by atoms with Gasteiger partial charge < -0.3 is 15.6 Å². The molecule has 0 aromatic heterocycles. The Morgan fingerprint density at radius 1 is 1.44 bits per heavy atom. The fourth-order valence-corrected chi connectivity index (χ4v) is 1.64. The molecular formula is C13H20N2O3. The molecule has 0 bridgehead atoms. The number of carboxylic acid groups (broad SMARTS) is 1. The van der Waals surface area contributed by atoms with Gasteiger partial charge in [0.25, 0.3) is 0 Å². The molecule has 0 aliphatic heterocycles. The fourth-order valence-electron chi connectivity index (χ4n) is 1.64. The largest absolute Gasteiger partial charge is 0.490 e. The van der Waals surface area contributed by atoms with E-state index in [1.807, 2.05) is 0 Å². The molecule has 0 saturated heterocycles. The Labute approximate surface area is 107 Å². The number of amides is 1. The summed E-state index contributed by atoms with van der Waals surface area (Å²) in [5.41, 5.74) is 6.61. The number of ether oxygens (including phenoxy) is 1. The van der Waals surface area contributed by atoms with Crippen molar-refractivity contribution >= 4 is 17.5 Å². The zero-order chi connectivity index (χ0) is 13.7. The van der Waals surface area contributed by atoms with Crippen molar-refractivity contribution in [3.8, 4) is 5.75 Å². The Morgan fingerprint density at radius 2 is 2.06 bits per heavy atom. The lowest BCUT2D eigenvalue weighted by Crippen LogP contribution is -2.25. The average molecular weight is 252 g/mol. The summed E-state index contributed by atoms with van der Waals surface area (Å²) in [6.07, 6.45) is 0.897. The molecule has 0 aliphatic carbocycles. The summed E-state index contributed by atoms with van der Waals surface area (Å²) in [4.78, 5) is 12.0. The molecule has 0 heterocycles. The molecule has 1 rings (SSSR count). The molecule has 0 aliphatic rings. The van der Waals surface area contributed by atoms with E-state index in [-0.39, 0.29) is 6.10 Å². The third kappa shape index (κ3) is 3.29. The Hall–Kier alpha value is -1.91. The van der Waals surface area contributed by atoms with Crippen LogP contribution in [0.2, 0.25) is 0 Å². The topological polar surface area (TPSA) is 75.8 Å². The van der Waals surface area contributed by atoms with E-state index < -0.39 is 6.09 Å². The molecule has 1 aromatic rings. The minimum Gasteiger partial charge on any atom is -0.490 e. The number of benzene rings is 1. The predicted molar refractivity (Wildman–Crippen MR) is 72.3 cm³/mol. The van der Waals surface area contributed by atoms with E-state index in [1.165, 1.54) is 7.05 Å². The molecule has 1 amide bonds. The SMILES string of the molecule is CCC(CC)Oc1ccc(N)c(N(C)C(=O)O)c1. The standard InChI is InChI=1S/C13H20N2O3/c1-4-9(5-2)18-10-6-7-11(14)12(8-10)15(3)13(16)17/h6-9H,4-5,14H2,1-3H3,(H,16,17). The van der Waals surface area contributed by atoms with Crippen molar-refractivity contribution in [1.82, 2.24) is 0 Å². The fraction of sp³-hybridized carbons (Fsp3) is 0.462. The number of hydrogen-bond donors (Lipinski definition) is 2. The molecule has 0 fully saturated rings. The van der Waals surface area contributed by atoms with Gasteiger partial charge >= 0.3 is 6.09 Å². The van der Waals surface area contributed by atoms with Crippen molar-refractivity contribution in [2.75, 3.05) is 17.7 Å². The quantitative estimate of drug-likeness (QED) is 0.790. The van der Waals surface area contributed by atoms with Crippen molar-refractivity contribution < 1.29 is 14.6 Å². The van der Waals surface area contributed by atoms with E-state index in [0.29, 0.717) is 17.1 Å². The van der Waals surface area contributed by atoms with Crippen LogP contribution in [0.1, 0.15) is 26.7 Å². The van der Waals surface area contributed by atoms with Gasteiger partial charge in [-0.2, -0.15) is 0 Å². The van der Waals surface area contributed by atoms with Crippen molar-refractivity contribution in [3.63, 3.8) is 0 Å². The van der Waals surface area contributed by atoms with Gasteiger partial charge in [0.05, 0.1) is 17.5 Å². The van der Waals surface area contributed by atoms with Gasteiger partial charge in [0, 0.05) is 13.1 Å². The molecular weight excluding hydrogens is 232 g/mol. The number of anilines is 2. The van der Waals surface area contributed by atoms with Crippen LogP contribution in [0.4, 0.5) is 16.2 Å². The van der Waals surface area contributed by atoms with Gasteiger partial charge in [-0.25, -0.2) is 4.79 Å². The number of nitrogens with two attached hydrogens (primary N) is 1. The molecule has 0 atom stereocenters. The number of nitrogen functional groups attached to an aromatic ring is 1.